The Morgan fingerprint density at radius 3 is 2.56 bits per heavy atom. The largest absolute Gasteiger partial charge is 0.494 e. The molecule has 0 aromatic heterocycles. The molecule has 0 spiro atoms. The van der Waals surface area contributed by atoms with Gasteiger partial charge in [0.05, 0.1) is 13.7 Å². The Bertz CT molecular complexity index is 801. The van der Waals surface area contributed by atoms with Crippen molar-refractivity contribution in [3.05, 3.63) is 34.5 Å². The quantitative estimate of drug-likeness (QED) is 0.423. The zero-order valence-corrected chi connectivity index (χ0v) is 17.5. The Labute approximate surface area is 165 Å². The van der Waals surface area contributed by atoms with Crippen LogP contribution in [0, 0.1) is 6.92 Å². The number of carbonyl (C=O) groups excluding carboxylic acids is 2. The van der Waals surface area contributed by atoms with Gasteiger partial charge in [-0.15, -0.1) is 0 Å². The average molecular weight is 391 g/mol. The van der Waals surface area contributed by atoms with E-state index in [4.69, 9.17) is 21.7 Å². The van der Waals surface area contributed by atoms with E-state index in [9.17, 15) is 9.59 Å². The molecule has 1 saturated heterocycles. The van der Waals surface area contributed by atoms with Crippen molar-refractivity contribution >= 4 is 35.3 Å². The monoisotopic (exact) mass is 390 g/mol. The Hall–Kier alpha value is -2.41. The summed E-state index contributed by atoms with van der Waals surface area (Å²) in [7, 11) is 2.91. The molecule has 1 aliphatic rings. The number of hydrogen-bond donors (Lipinski definition) is 0. The molecule has 1 aliphatic heterocycles. The van der Waals surface area contributed by atoms with E-state index in [0.29, 0.717) is 12.3 Å². The lowest BCUT2D eigenvalue weighted by atomic mass is 9.96. The van der Waals surface area contributed by atoms with Gasteiger partial charge < -0.3 is 14.4 Å². The second kappa shape index (κ2) is 8.52. The number of amides is 1. The molecule has 0 bridgehead atoms. The predicted octanol–water partition coefficient (Wildman–Crippen LogP) is 3.09. The molecule has 0 unspecified atom stereocenters. The normalized spacial score (nSPS) is 15.9. The third-order valence-corrected chi connectivity index (χ3v) is 4.95. The van der Waals surface area contributed by atoms with Gasteiger partial charge in [0.1, 0.15) is 18.0 Å². The van der Waals surface area contributed by atoms with Crippen molar-refractivity contribution in [2.45, 2.75) is 33.6 Å². The van der Waals surface area contributed by atoms with Crippen molar-refractivity contribution in [1.29, 1.82) is 0 Å². The van der Waals surface area contributed by atoms with Gasteiger partial charge in [-0.05, 0) is 66.9 Å². The van der Waals surface area contributed by atoms with Gasteiger partial charge in [-0.25, -0.2) is 0 Å². The van der Waals surface area contributed by atoms with Crippen LogP contribution in [0.5, 0.6) is 5.75 Å². The summed E-state index contributed by atoms with van der Waals surface area (Å²) in [4.78, 5) is 27.3. The van der Waals surface area contributed by atoms with Crippen LogP contribution < -0.4 is 4.74 Å². The van der Waals surface area contributed by atoms with Crippen molar-refractivity contribution in [3.63, 3.8) is 0 Å². The first-order valence-corrected chi connectivity index (χ1v) is 9.27. The first-order chi connectivity index (χ1) is 12.7. The minimum Gasteiger partial charge on any atom is -0.494 e. The number of methoxy groups -OCH3 is 1. The Morgan fingerprint density at radius 1 is 1.33 bits per heavy atom. The maximum Gasteiger partial charge on any atom is 0.325 e. The highest BCUT2D eigenvalue weighted by atomic mass is 32.1. The lowest BCUT2D eigenvalue weighted by Gasteiger charge is -2.18. The number of benzene rings is 1. The zero-order valence-electron chi connectivity index (χ0n) is 16.7. The van der Waals surface area contributed by atoms with E-state index in [2.05, 4.69) is 13.8 Å². The highest BCUT2D eigenvalue weighted by Crippen LogP contribution is 2.32. The summed E-state index contributed by atoms with van der Waals surface area (Å²) in [5, 5.41) is 0.282. The molecule has 1 amide bonds. The van der Waals surface area contributed by atoms with E-state index < -0.39 is 5.97 Å². The van der Waals surface area contributed by atoms with Crippen LogP contribution >= 0.6 is 12.2 Å². The van der Waals surface area contributed by atoms with Crippen molar-refractivity contribution < 1.29 is 19.1 Å². The predicted molar refractivity (Wildman–Crippen MR) is 109 cm³/mol. The summed E-state index contributed by atoms with van der Waals surface area (Å²) in [6.07, 6.45) is 1.78. The standard InChI is InChI=1S/C20H26N2O4S/c1-7-26-17-8-13(4)14(9-15(17)12(2)3)10-16-19(24)21(5)20(27)22(16)11-18(23)25-6/h8-10,12H,7,11H2,1-6H3. The van der Waals surface area contributed by atoms with Crippen LogP contribution in [0.2, 0.25) is 0 Å². The van der Waals surface area contributed by atoms with Crippen LogP contribution in [0.15, 0.2) is 17.8 Å². The number of carbonyl (C=O) groups is 2. The van der Waals surface area contributed by atoms with E-state index in [1.54, 1.807) is 13.1 Å². The summed E-state index contributed by atoms with van der Waals surface area (Å²) in [6, 6.07) is 4.01. The van der Waals surface area contributed by atoms with E-state index in [1.807, 2.05) is 26.0 Å². The summed E-state index contributed by atoms with van der Waals surface area (Å²) in [5.41, 5.74) is 3.28. The molecular formula is C20H26N2O4S. The highest BCUT2D eigenvalue weighted by molar-refractivity contribution is 7.80. The van der Waals surface area contributed by atoms with Gasteiger partial charge in [-0.1, -0.05) is 13.8 Å². The van der Waals surface area contributed by atoms with Gasteiger partial charge in [0.25, 0.3) is 5.91 Å². The molecule has 146 valence electrons. The minimum atomic E-state index is -0.461. The van der Waals surface area contributed by atoms with Crippen molar-refractivity contribution in [2.24, 2.45) is 0 Å². The molecule has 27 heavy (non-hydrogen) atoms. The number of ether oxygens (including phenoxy) is 2. The molecule has 1 heterocycles. The molecule has 0 radical (unpaired) electrons. The average Bonchev–Trinajstić information content (AvgIpc) is 2.81. The van der Waals surface area contributed by atoms with Crippen LogP contribution in [0.3, 0.4) is 0 Å². The molecule has 0 saturated carbocycles. The number of hydrogen-bond acceptors (Lipinski definition) is 5. The van der Waals surface area contributed by atoms with Crippen molar-refractivity contribution in [3.8, 4) is 5.75 Å². The topological polar surface area (TPSA) is 59.1 Å². The number of nitrogens with zero attached hydrogens (tertiary/aromatic N) is 2. The van der Waals surface area contributed by atoms with Crippen LogP contribution in [0.1, 0.15) is 43.4 Å². The van der Waals surface area contributed by atoms with Crippen LogP contribution in [0.4, 0.5) is 0 Å². The molecule has 0 atom stereocenters. The molecule has 0 aliphatic carbocycles. The second-order valence-electron chi connectivity index (χ2n) is 6.67. The SMILES string of the molecule is CCOc1cc(C)c(C=C2C(=O)N(C)C(=S)N2CC(=O)OC)cc1C(C)C. The number of rotatable bonds is 6. The first-order valence-electron chi connectivity index (χ1n) is 8.86. The Kier molecular flexibility index (Phi) is 6.59. The van der Waals surface area contributed by atoms with Gasteiger partial charge in [0.15, 0.2) is 5.11 Å². The number of thiocarbonyl (C=S) groups is 1. The van der Waals surface area contributed by atoms with Gasteiger partial charge in [0, 0.05) is 7.05 Å². The smallest absolute Gasteiger partial charge is 0.325 e. The molecule has 1 aromatic rings. The maximum absolute atomic E-state index is 12.7. The van der Waals surface area contributed by atoms with Gasteiger partial charge >= 0.3 is 5.97 Å². The fraction of sp³-hybridized carbons (Fsp3) is 0.450. The Balaban J connectivity index is 2.54. The number of aryl methyl sites for hydroxylation is 1. The second-order valence-corrected chi connectivity index (χ2v) is 7.04. The van der Waals surface area contributed by atoms with Crippen LogP contribution in [0.25, 0.3) is 6.08 Å². The van der Waals surface area contributed by atoms with Crippen molar-refractivity contribution in [2.75, 3.05) is 27.3 Å². The third kappa shape index (κ3) is 4.30. The van der Waals surface area contributed by atoms with E-state index >= 15 is 0 Å². The van der Waals surface area contributed by atoms with Crippen LogP contribution in [-0.4, -0.2) is 54.1 Å². The third-order valence-electron chi connectivity index (χ3n) is 4.46. The highest BCUT2D eigenvalue weighted by Gasteiger charge is 2.36. The van der Waals surface area contributed by atoms with Crippen molar-refractivity contribution in [1.82, 2.24) is 9.80 Å². The molecule has 1 fully saturated rings. The van der Waals surface area contributed by atoms with Gasteiger partial charge in [0.2, 0.25) is 0 Å². The Morgan fingerprint density at radius 2 is 2.00 bits per heavy atom. The first kappa shape index (κ1) is 20.9. The molecule has 7 heteroatoms. The van der Waals surface area contributed by atoms with Gasteiger partial charge in [-0.2, -0.15) is 0 Å². The summed E-state index contributed by atoms with van der Waals surface area (Å²) in [6.45, 7) is 8.59. The lowest BCUT2D eigenvalue weighted by Crippen LogP contribution is -2.33. The number of esters is 1. The van der Waals surface area contributed by atoms with Gasteiger partial charge in [-0.3, -0.25) is 14.5 Å². The molecule has 6 nitrogen and oxygen atoms in total. The number of likely N-dealkylation sites (N-methyl/N-ethyl adjacent to an activating group) is 1. The summed E-state index contributed by atoms with van der Waals surface area (Å²) < 4.78 is 10.5. The van der Waals surface area contributed by atoms with Crippen LogP contribution in [-0.2, 0) is 14.3 Å². The summed E-state index contributed by atoms with van der Waals surface area (Å²) >= 11 is 5.32. The fourth-order valence-corrected chi connectivity index (χ4v) is 3.14. The minimum absolute atomic E-state index is 0.107. The summed E-state index contributed by atoms with van der Waals surface area (Å²) in [5.74, 6) is 0.406. The molecular weight excluding hydrogens is 364 g/mol. The molecule has 1 aromatic carbocycles. The maximum atomic E-state index is 12.7. The van der Waals surface area contributed by atoms with E-state index in [-0.39, 0.29) is 23.5 Å². The molecule has 2 rings (SSSR count). The lowest BCUT2D eigenvalue weighted by molar-refractivity contribution is -0.140. The fourth-order valence-electron chi connectivity index (χ4n) is 2.89. The molecule has 0 N–H and O–H groups in total. The van der Waals surface area contributed by atoms with E-state index in [1.165, 1.54) is 16.9 Å². The van der Waals surface area contributed by atoms with E-state index in [0.717, 1.165) is 22.4 Å². The zero-order chi connectivity index (χ0) is 20.3.